The van der Waals surface area contributed by atoms with Crippen molar-refractivity contribution in [1.82, 2.24) is 9.80 Å². The summed E-state index contributed by atoms with van der Waals surface area (Å²) in [4.78, 5) is 17.5. The van der Waals surface area contributed by atoms with E-state index in [1.165, 1.54) is 17.7 Å². The summed E-state index contributed by atoms with van der Waals surface area (Å²) in [5.74, 6) is 0.605. The first-order valence-electron chi connectivity index (χ1n) is 11.1. The normalized spacial score (nSPS) is 23.6. The Bertz CT molecular complexity index is 863. The molecule has 0 saturated carbocycles. The van der Waals surface area contributed by atoms with E-state index in [0.717, 1.165) is 57.7 Å². The Balaban J connectivity index is 1.32. The van der Waals surface area contributed by atoms with E-state index in [4.69, 9.17) is 4.74 Å². The monoisotopic (exact) mass is 426 g/mol. The molecular weight excluding hydrogens is 395 g/mol. The molecule has 2 aromatic carbocycles. The van der Waals surface area contributed by atoms with Crippen LogP contribution in [0.15, 0.2) is 48.5 Å². The lowest BCUT2D eigenvalue weighted by atomic mass is 9.87. The second-order valence-corrected chi connectivity index (χ2v) is 8.69. The van der Waals surface area contributed by atoms with E-state index in [2.05, 4.69) is 21.9 Å². The topological polar surface area (TPSA) is 53.0 Å². The fraction of sp³-hybridized carbons (Fsp3) is 0.480. The molecule has 2 fully saturated rings. The lowest BCUT2D eigenvalue weighted by Crippen LogP contribution is -2.56. The van der Waals surface area contributed by atoms with Gasteiger partial charge in [0, 0.05) is 37.2 Å². The van der Waals surface area contributed by atoms with Gasteiger partial charge in [-0.2, -0.15) is 0 Å². The maximum absolute atomic E-state index is 13.1. The van der Waals surface area contributed by atoms with Crippen molar-refractivity contribution in [2.75, 3.05) is 33.3 Å². The van der Waals surface area contributed by atoms with Crippen LogP contribution in [0.5, 0.6) is 5.75 Å². The highest BCUT2D eigenvalue weighted by molar-refractivity contribution is 5.97. The fourth-order valence-corrected chi connectivity index (χ4v) is 4.82. The largest absolute Gasteiger partial charge is 0.497 e. The van der Waals surface area contributed by atoms with Crippen LogP contribution in [0.4, 0.5) is 4.39 Å². The van der Waals surface area contributed by atoms with Crippen molar-refractivity contribution in [2.45, 2.75) is 38.0 Å². The number of benzene rings is 2. The second kappa shape index (κ2) is 9.90. The second-order valence-electron chi connectivity index (χ2n) is 8.69. The molecule has 2 heterocycles. The van der Waals surface area contributed by atoms with E-state index in [1.54, 1.807) is 19.2 Å². The van der Waals surface area contributed by atoms with Crippen molar-refractivity contribution in [1.29, 1.82) is 0 Å². The molecule has 166 valence electrons. The Morgan fingerprint density at radius 3 is 2.35 bits per heavy atom. The number of carbonyl (C=O) groups excluding carboxylic acids is 1. The first-order valence-corrected chi connectivity index (χ1v) is 11.1. The Kier molecular flexibility index (Phi) is 7.00. The quantitative estimate of drug-likeness (QED) is 0.718. The predicted molar refractivity (Wildman–Crippen MR) is 118 cm³/mol. The van der Waals surface area contributed by atoms with Crippen LogP contribution in [-0.4, -0.2) is 66.1 Å². The van der Waals surface area contributed by atoms with Gasteiger partial charge >= 0.3 is 0 Å². The van der Waals surface area contributed by atoms with Crippen molar-refractivity contribution >= 4 is 5.78 Å². The zero-order chi connectivity index (χ0) is 21.8. The van der Waals surface area contributed by atoms with Crippen LogP contribution in [0.2, 0.25) is 0 Å². The molecule has 31 heavy (non-hydrogen) atoms. The van der Waals surface area contributed by atoms with Crippen LogP contribution in [0.1, 0.15) is 35.2 Å². The van der Waals surface area contributed by atoms with Crippen molar-refractivity contribution < 1.29 is 19.0 Å². The molecule has 2 aliphatic heterocycles. The minimum absolute atomic E-state index is 0.0298. The summed E-state index contributed by atoms with van der Waals surface area (Å²) in [7, 11) is 1.67. The van der Waals surface area contributed by atoms with Gasteiger partial charge in [0.15, 0.2) is 5.78 Å². The van der Waals surface area contributed by atoms with E-state index in [1.807, 2.05) is 12.1 Å². The van der Waals surface area contributed by atoms with Crippen LogP contribution >= 0.6 is 0 Å². The molecule has 5 nitrogen and oxygen atoms in total. The third-order valence-corrected chi connectivity index (χ3v) is 6.69. The van der Waals surface area contributed by atoms with Gasteiger partial charge in [0.05, 0.1) is 13.2 Å². The molecule has 1 N–H and O–H groups in total. The van der Waals surface area contributed by atoms with Gasteiger partial charge in [0.25, 0.3) is 0 Å². The van der Waals surface area contributed by atoms with Gasteiger partial charge in [-0.1, -0.05) is 12.1 Å². The van der Waals surface area contributed by atoms with Gasteiger partial charge in [-0.15, -0.1) is 0 Å². The van der Waals surface area contributed by atoms with Crippen LogP contribution in [0, 0.1) is 11.7 Å². The maximum Gasteiger partial charge on any atom is 0.166 e. The van der Waals surface area contributed by atoms with Crippen molar-refractivity contribution in [3.63, 3.8) is 0 Å². The van der Waals surface area contributed by atoms with Gasteiger partial charge in [-0.25, -0.2) is 4.39 Å². The number of hydrogen-bond donors (Lipinski definition) is 1. The molecule has 2 atom stereocenters. The van der Waals surface area contributed by atoms with E-state index in [-0.39, 0.29) is 29.7 Å². The van der Waals surface area contributed by atoms with E-state index < -0.39 is 0 Å². The van der Waals surface area contributed by atoms with Crippen molar-refractivity contribution in [3.05, 3.63) is 65.5 Å². The average Bonchev–Trinajstić information content (AvgIpc) is 2.81. The van der Waals surface area contributed by atoms with Crippen LogP contribution < -0.4 is 4.74 Å². The number of hydrogen-bond acceptors (Lipinski definition) is 5. The molecule has 0 aliphatic carbocycles. The van der Waals surface area contributed by atoms with Crippen molar-refractivity contribution in [3.8, 4) is 5.75 Å². The molecule has 2 unspecified atom stereocenters. The van der Waals surface area contributed by atoms with Crippen LogP contribution in [0.3, 0.4) is 0 Å². The molecule has 0 radical (unpaired) electrons. The lowest BCUT2D eigenvalue weighted by molar-refractivity contribution is -0.0243. The molecule has 0 spiro atoms. The Labute approximate surface area is 183 Å². The molecule has 0 aromatic heterocycles. The number of piperidine rings is 2. The summed E-state index contributed by atoms with van der Waals surface area (Å²) in [6.07, 6.45) is 1.97. The van der Waals surface area contributed by atoms with Gasteiger partial charge < -0.3 is 9.84 Å². The summed E-state index contributed by atoms with van der Waals surface area (Å²) in [5.41, 5.74) is 1.82. The molecular formula is C25H31FN2O3. The Morgan fingerprint density at radius 2 is 1.71 bits per heavy atom. The van der Waals surface area contributed by atoms with Gasteiger partial charge in [-0.3, -0.25) is 14.6 Å². The third-order valence-electron chi connectivity index (χ3n) is 6.69. The molecule has 0 amide bonds. The molecule has 6 heteroatoms. The van der Waals surface area contributed by atoms with Gasteiger partial charge in [0.2, 0.25) is 0 Å². The number of ether oxygens (including phenoxy) is 1. The number of aliphatic hydroxyl groups excluding tert-OH is 1. The number of nitrogens with zero attached hydrogens (tertiary/aromatic N) is 2. The summed E-state index contributed by atoms with van der Waals surface area (Å²) in [6.45, 7) is 4.16. The number of aliphatic hydroxyl groups is 1. The minimum Gasteiger partial charge on any atom is -0.497 e. The zero-order valence-corrected chi connectivity index (χ0v) is 18.0. The third kappa shape index (κ3) is 5.32. The Morgan fingerprint density at radius 1 is 1.03 bits per heavy atom. The number of rotatable bonds is 6. The molecule has 0 bridgehead atoms. The number of ketones is 1. The van der Waals surface area contributed by atoms with E-state index in [0.29, 0.717) is 5.56 Å². The maximum atomic E-state index is 13.1. The molecule has 2 aromatic rings. The minimum atomic E-state index is -0.337. The number of likely N-dealkylation sites (tertiary alicyclic amines) is 2. The zero-order valence-electron chi connectivity index (χ0n) is 18.0. The van der Waals surface area contributed by atoms with Gasteiger partial charge in [-0.05, 0) is 74.3 Å². The van der Waals surface area contributed by atoms with Crippen LogP contribution in [-0.2, 0) is 6.54 Å². The standard InChI is InChI=1S/C25H31FN2O3/c1-31-22-8-2-18(3-9-22)16-27-13-12-24(29)23(17-27)28-14-10-20(11-15-28)25(30)19-4-6-21(26)7-5-19/h2-9,20,23-24,29H,10-17H2,1H3. The van der Waals surface area contributed by atoms with Crippen molar-refractivity contribution in [2.24, 2.45) is 5.92 Å². The predicted octanol–water partition coefficient (Wildman–Crippen LogP) is 3.36. The highest BCUT2D eigenvalue weighted by Gasteiger charge is 2.35. The lowest BCUT2D eigenvalue weighted by Gasteiger charge is -2.44. The van der Waals surface area contributed by atoms with E-state index >= 15 is 0 Å². The molecule has 2 aliphatic rings. The Hall–Kier alpha value is -2.28. The smallest absolute Gasteiger partial charge is 0.166 e. The number of carbonyl (C=O) groups is 1. The first kappa shape index (κ1) is 21.9. The number of methoxy groups -OCH3 is 1. The summed E-state index contributed by atoms with van der Waals surface area (Å²) in [6, 6.07) is 14.1. The summed E-state index contributed by atoms with van der Waals surface area (Å²) < 4.78 is 18.4. The first-order chi connectivity index (χ1) is 15.0. The average molecular weight is 427 g/mol. The highest BCUT2D eigenvalue weighted by atomic mass is 19.1. The SMILES string of the molecule is COc1ccc(CN2CCC(O)C(N3CCC(C(=O)c4ccc(F)cc4)CC3)C2)cc1. The number of halogens is 1. The fourth-order valence-electron chi connectivity index (χ4n) is 4.82. The molecule has 2 saturated heterocycles. The molecule has 4 rings (SSSR count). The van der Waals surface area contributed by atoms with Crippen LogP contribution in [0.25, 0.3) is 0 Å². The summed E-state index contributed by atoms with van der Waals surface area (Å²) in [5, 5.41) is 10.7. The van der Waals surface area contributed by atoms with E-state index in [9.17, 15) is 14.3 Å². The van der Waals surface area contributed by atoms with Gasteiger partial charge in [0.1, 0.15) is 11.6 Å². The number of Topliss-reactive ketones (excluding diaryl/α,β-unsaturated/α-hetero) is 1. The summed E-state index contributed by atoms with van der Waals surface area (Å²) >= 11 is 0. The highest BCUT2D eigenvalue weighted by Crippen LogP contribution is 2.27.